The number of hydrogen-bond donors (Lipinski definition) is 0. The molecule has 1 aromatic heterocycles. The molecule has 1 nitrogen and oxygen atoms in total. The quantitative estimate of drug-likeness (QED) is 0.694. The van der Waals surface area contributed by atoms with Gasteiger partial charge in [-0.15, -0.1) is 0 Å². The van der Waals surface area contributed by atoms with E-state index < -0.39 is 0 Å². The Labute approximate surface area is 113 Å². The lowest BCUT2D eigenvalue weighted by Gasteiger charge is -1.99. The highest BCUT2D eigenvalue weighted by atomic mass is 16.3. The molecule has 0 saturated heterocycles. The average Bonchev–Trinajstić information content (AvgIpc) is 2.67. The van der Waals surface area contributed by atoms with Crippen molar-refractivity contribution in [2.24, 2.45) is 5.92 Å². The predicted octanol–water partition coefficient (Wildman–Crippen LogP) is 3.71. The maximum absolute atomic E-state index is 5.93. The predicted molar refractivity (Wildman–Crippen MR) is 83.0 cm³/mol. The van der Waals surface area contributed by atoms with Crippen LogP contribution < -0.4 is 10.6 Å². The smallest absolute Gasteiger partial charge is 0.136 e. The third-order valence-corrected chi connectivity index (χ3v) is 3.67. The minimum atomic E-state index is 0.482. The normalized spacial score (nSPS) is 20.1. The standard InChI is InChI=1S/C18H18O/c1-4-15-16-10-13-8-6-12(3)7-9-14(13)11-18(16)19-17(15)5-2/h4-12H,1-3H3/b15-4-,17-5+. The molecule has 0 fully saturated rings. The highest BCUT2D eigenvalue weighted by Gasteiger charge is 2.08. The van der Waals surface area contributed by atoms with Gasteiger partial charge in [-0.25, -0.2) is 0 Å². The Morgan fingerprint density at radius 2 is 1.68 bits per heavy atom. The van der Waals surface area contributed by atoms with E-state index in [0.29, 0.717) is 5.92 Å². The number of allylic oxidation sites excluding steroid dienone is 2. The topological polar surface area (TPSA) is 13.1 Å². The Kier molecular flexibility index (Phi) is 2.90. The molecule has 0 N–H and O–H groups in total. The van der Waals surface area contributed by atoms with Gasteiger partial charge in [-0.05, 0) is 49.1 Å². The third kappa shape index (κ3) is 1.95. The Hall–Kier alpha value is -2.02. The summed E-state index contributed by atoms with van der Waals surface area (Å²) < 4.78 is 5.93. The summed E-state index contributed by atoms with van der Waals surface area (Å²) in [5.74, 6) is 0.482. The van der Waals surface area contributed by atoms with Crippen molar-refractivity contribution in [1.82, 2.24) is 0 Å². The molecule has 0 saturated carbocycles. The van der Waals surface area contributed by atoms with Gasteiger partial charge < -0.3 is 4.42 Å². The van der Waals surface area contributed by atoms with E-state index in [-0.39, 0.29) is 0 Å². The lowest BCUT2D eigenvalue weighted by molar-refractivity contribution is 0.575. The molecule has 1 aromatic carbocycles. The first-order chi connectivity index (χ1) is 9.22. The molecule has 0 bridgehead atoms. The van der Waals surface area contributed by atoms with Crippen molar-refractivity contribution in [2.45, 2.75) is 20.8 Å². The molecule has 0 aliphatic heterocycles. The minimum absolute atomic E-state index is 0.482. The molecule has 1 aliphatic carbocycles. The summed E-state index contributed by atoms with van der Waals surface area (Å²) in [5, 5.41) is 2.39. The zero-order valence-corrected chi connectivity index (χ0v) is 11.6. The van der Waals surface area contributed by atoms with Gasteiger partial charge in [0, 0.05) is 10.6 Å². The van der Waals surface area contributed by atoms with E-state index in [4.69, 9.17) is 4.42 Å². The van der Waals surface area contributed by atoms with Gasteiger partial charge in [0.05, 0.1) is 0 Å². The maximum atomic E-state index is 5.93. The van der Waals surface area contributed by atoms with Crippen molar-refractivity contribution in [3.8, 4) is 0 Å². The zero-order valence-electron chi connectivity index (χ0n) is 11.6. The van der Waals surface area contributed by atoms with Crippen molar-refractivity contribution in [2.75, 3.05) is 0 Å². The second-order valence-electron chi connectivity index (χ2n) is 5.01. The van der Waals surface area contributed by atoms with Crippen molar-refractivity contribution in [3.05, 3.63) is 46.0 Å². The third-order valence-electron chi connectivity index (χ3n) is 3.67. The molecule has 1 heteroatoms. The molecule has 19 heavy (non-hydrogen) atoms. The average molecular weight is 250 g/mol. The minimum Gasteiger partial charge on any atom is -0.456 e. The molecular formula is C18H18O. The molecule has 1 heterocycles. The van der Waals surface area contributed by atoms with Crippen LogP contribution in [0.5, 0.6) is 0 Å². The monoisotopic (exact) mass is 250 g/mol. The lowest BCUT2D eigenvalue weighted by atomic mass is 10.0. The Morgan fingerprint density at radius 3 is 2.32 bits per heavy atom. The lowest BCUT2D eigenvalue weighted by Crippen LogP contribution is -2.18. The van der Waals surface area contributed by atoms with E-state index in [1.165, 1.54) is 21.7 Å². The van der Waals surface area contributed by atoms with Gasteiger partial charge >= 0.3 is 0 Å². The summed E-state index contributed by atoms with van der Waals surface area (Å²) >= 11 is 0. The summed E-state index contributed by atoms with van der Waals surface area (Å²) in [6.45, 7) is 6.26. The van der Waals surface area contributed by atoms with E-state index in [0.717, 1.165) is 11.0 Å². The summed E-state index contributed by atoms with van der Waals surface area (Å²) in [5.41, 5.74) is 4.42. The van der Waals surface area contributed by atoms with E-state index in [1.54, 1.807) is 0 Å². The number of furan rings is 1. The molecular weight excluding hydrogens is 232 g/mol. The van der Waals surface area contributed by atoms with Crippen LogP contribution in [0.15, 0.2) is 28.7 Å². The van der Waals surface area contributed by atoms with E-state index >= 15 is 0 Å². The van der Waals surface area contributed by atoms with Crippen LogP contribution in [0, 0.1) is 5.92 Å². The van der Waals surface area contributed by atoms with Gasteiger partial charge in [0.25, 0.3) is 0 Å². The fraction of sp³-hybridized carbons (Fsp3) is 0.222. The molecule has 0 radical (unpaired) electrons. The molecule has 1 aliphatic rings. The van der Waals surface area contributed by atoms with Gasteiger partial charge in [-0.3, -0.25) is 0 Å². The van der Waals surface area contributed by atoms with Gasteiger partial charge in [0.15, 0.2) is 0 Å². The second-order valence-corrected chi connectivity index (χ2v) is 5.01. The zero-order chi connectivity index (χ0) is 13.4. The number of hydrogen-bond acceptors (Lipinski definition) is 1. The Bertz CT molecular complexity index is 800. The Morgan fingerprint density at radius 1 is 1.00 bits per heavy atom. The highest BCUT2D eigenvalue weighted by Crippen LogP contribution is 2.23. The number of fused-ring (bicyclic) bond motifs is 2. The highest BCUT2D eigenvalue weighted by molar-refractivity contribution is 5.86. The van der Waals surface area contributed by atoms with Crippen LogP contribution in [-0.2, 0) is 0 Å². The van der Waals surface area contributed by atoms with Crippen LogP contribution in [0.2, 0.25) is 0 Å². The fourth-order valence-electron chi connectivity index (χ4n) is 2.59. The van der Waals surface area contributed by atoms with Crippen molar-refractivity contribution >= 4 is 35.3 Å². The van der Waals surface area contributed by atoms with E-state index in [2.05, 4.69) is 56.4 Å². The molecule has 1 unspecified atom stereocenters. The molecule has 96 valence electrons. The van der Waals surface area contributed by atoms with Crippen molar-refractivity contribution in [1.29, 1.82) is 0 Å². The van der Waals surface area contributed by atoms with Gasteiger partial charge in [0.1, 0.15) is 11.0 Å². The Balaban J connectivity index is 2.39. The number of benzene rings is 1. The van der Waals surface area contributed by atoms with Gasteiger partial charge in [-0.2, -0.15) is 0 Å². The largest absolute Gasteiger partial charge is 0.456 e. The first kappa shape index (κ1) is 12.0. The first-order valence-corrected chi connectivity index (χ1v) is 6.78. The number of rotatable bonds is 0. The summed E-state index contributed by atoms with van der Waals surface area (Å²) in [7, 11) is 0. The van der Waals surface area contributed by atoms with Crippen LogP contribution in [0.4, 0.5) is 0 Å². The van der Waals surface area contributed by atoms with Crippen LogP contribution in [0.1, 0.15) is 31.9 Å². The van der Waals surface area contributed by atoms with Gasteiger partial charge in [0.2, 0.25) is 0 Å². The fourth-order valence-corrected chi connectivity index (χ4v) is 2.59. The van der Waals surface area contributed by atoms with Gasteiger partial charge in [-0.1, -0.05) is 37.3 Å². The van der Waals surface area contributed by atoms with E-state index in [1.807, 2.05) is 13.0 Å². The van der Waals surface area contributed by atoms with Crippen molar-refractivity contribution < 1.29 is 4.42 Å². The van der Waals surface area contributed by atoms with Crippen molar-refractivity contribution in [3.63, 3.8) is 0 Å². The molecule has 0 amide bonds. The second kappa shape index (κ2) is 4.58. The van der Waals surface area contributed by atoms with Crippen LogP contribution in [0.25, 0.3) is 35.3 Å². The molecule has 3 rings (SSSR count). The van der Waals surface area contributed by atoms with Crippen LogP contribution in [0.3, 0.4) is 0 Å². The molecule has 0 spiro atoms. The SMILES string of the molecule is C/C=c1\c(=C/C)oc2cc3c(cc12)C=CC(C)C=C3. The first-order valence-electron chi connectivity index (χ1n) is 6.78. The molecule has 1 atom stereocenters. The van der Waals surface area contributed by atoms with Crippen LogP contribution in [-0.4, -0.2) is 0 Å². The van der Waals surface area contributed by atoms with E-state index in [9.17, 15) is 0 Å². The summed E-state index contributed by atoms with van der Waals surface area (Å²) in [4.78, 5) is 0. The summed E-state index contributed by atoms with van der Waals surface area (Å²) in [6.07, 6.45) is 13.0. The van der Waals surface area contributed by atoms with Crippen LogP contribution >= 0.6 is 0 Å². The maximum Gasteiger partial charge on any atom is 0.136 e. The molecule has 2 aromatic rings. The summed E-state index contributed by atoms with van der Waals surface area (Å²) in [6, 6.07) is 4.37.